The summed E-state index contributed by atoms with van der Waals surface area (Å²) < 4.78 is 29.5. The van der Waals surface area contributed by atoms with Gasteiger partial charge in [0, 0.05) is 44.9 Å². The summed E-state index contributed by atoms with van der Waals surface area (Å²) in [6, 6.07) is 7.60. The molecule has 1 aliphatic heterocycles. The fourth-order valence-corrected chi connectivity index (χ4v) is 3.58. The monoisotopic (exact) mass is 427 g/mol. The first-order valence-corrected chi connectivity index (χ1v) is 9.96. The number of nitrogens with one attached hydrogen (secondary N) is 1. The number of hydrogen-bond acceptors (Lipinski definition) is 6. The molecule has 1 aromatic carbocycles. The third kappa shape index (κ3) is 4.32. The van der Waals surface area contributed by atoms with Crippen molar-refractivity contribution in [1.29, 1.82) is 0 Å². The van der Waals surface area contributed by atoms with Gasteiger partial charge in [-0.25, -0.2) is 13.5 Å². The zero-order valence-electron chi connectivity index (χ0n) is 17.6. The summed E-state index contributed by atoms with van der Waals surface area (Å²) >= 11 is 0. The first-order valence-electron chi connectivity index (χ1n) is 9.96. The lowest BCUT2D eigenvalue weighted by atomic mass is 10.3. The van der Waals surface area contributed by atoms with Crippen molar-refractivity contribution in [1.82, 2.24) is 24.6 Å². The van der Waals surface area contributed by atoms with Crippen molar-refractivity contribution in [2.24, 2.45) is 0 Å². The second-order valence-corrected chi connectivity index (χ2v) is 7.47. The van der Waals surface area contributed by atoms with Crippen LogP contribution in [0, 0.1) is 25.5 Å². The lowest BCUT2D eigenvalue weighted by Crippen LogP contribution is -2.48. The molecule has 1 fully saturated rings. The summed E-state index contributed by atoms with van der Waals surface area (Å²) in [5.74, 6) is -0.684. The summed E-state index contributed by atoms with van der Waals surface area (Å²) in [5, 5.41) is 7.26. The molecule has 0 aliphatic carbocycles. The third-order valence-corrected chi connectivity index (χ3v) is 5.17. The smallest absolute Gasteiger partial charge is 0.231 e. The van der Waals surface area contributed by atoms with E-state index in [0.29, 0.717) is 37.8 Å². The van der Waals surface area contributed by atoms with Crippen molar-refractivity contribution < 1.29 is 13.6 Å². The Labute approximate surface area is 178 Å². The number of carbonyl (C=O) groups excluding carboxylic acids is 1. The fraction of sp³-hybridized carbons (Fsp3) is 0.333. The molecule has 0 spiro atoms. The largest absolute Gasteiger partial charge is 0.353 e. The highest BCUT2D eigenvalue weighted by Crippen LogP contribution is 2.24. The molecule has 3 heterocycles. The normalized spacial score (nSPS) is 14.1. The predicted molar refractivity (Wildman–Crippen MR) is 113 cm³/mol. The topological polar surface area (TPSA) is 79.2 Å². The van der Waals surface area contributed by atoms with E-state index in [2.05, 4.69) is 20.4 Å². The Morgan fingerprint density at radius 3 is 2.39 bits per heavy atom. The van der Waals surface area contributed by atoms with Gasteiger partial charge in [-0.05, 0) is 32.0 Å². The van der Waals surface area contributed by atoms with Crippen LogP contribution in [0.3, 0.4) is 0 Å². The number of nitrogens with zero attached hydrogens (tertiary/aromatic N) is 6. The van der Waals surface area contributed by atoms with E-state index in [-0.39, 0.29) is 17.5 Å². The van der Waals surface area contributed by atoms with Crippen LogP contribution in [0.1, 0.15) is 18.3 Å². The van der Waals surface area contributed by atoms with Gasteiger partial charge in [0.15, 0.2) is 17.5 Å². The predicted octanol–water partition coefficient (Wildman–Crippen LogP) is 2.97. The summed E-state index contributed by atoms with van der Waals surface area (Å²) in [6.45, 7) is 7.70. The van der Waals surface area contributed by atoms with Crippen LogP contribution in [-0.2, 0) is 4.79 Å². The molecule has 0 radical (unpaired) electrons. The molecule has 31 heavy (non-hydrogen) atoms. The van der Waals surface area contributed by atoms with Gasteiger partial charge in [0.25, 0.3) is 0 Å². The first-order chi connectivity index (χ1) is 14.8. The Morgan fingerprint density at radius 2 is 1.74 bits per heavy atom. The number of carbonyl (C=O) groups is 1. The molecule has 0 saturated carbocycles. The van der Waals surface area contributed by atoms with Gasteiger partial charge in [-0.15, -0.1) is 0 Å². The molecule has 1 amide bonds. The van der Waals surface area contributed by atoms with Gasteiger partial charge in [0.05, 0.1) is 11.4 Å². The molecule has 1 aliphatic rings. The molecular formula is C21H23F2N7O. The standard InChI is InChI=1S/C21H23F2N7O/c1-13-11-14(2)30(27-13)19-12-18(29-9-7-28(8-10-29)15(3)31)25-21(26-19)24-17-6-4-5-16(22)20(17)23/h4-6,11-12H,7-10H2,1-3H3,(H,24,25,26). The number of halogens is 2. The summed E-state index contributed by atoms with van der Waals surface area (Å²) in [5.41, 5.74) is 1.66. The van der Waals surface area contributed by atoms with Crippen LogP contribution in [0.2, 0.25) is 0 Å². The third-order valence-electron chi connectivity index (χ3n) is 5.17. The number of piperazine rings is 1. The Kier molecular flexibility index (Phi) is 5.53. The number of anilines is 3. The van der Waals surface area contributed by atoms with Gasteiger partial charge >= 0.3 is 0 Å². The minimum Gasteiger partial charge on any atom is -0.353 e. The minimum absolute atomic E-state index is 0.0367. The molecule has 10 heteroatoms. The fourth-order valence-electron chi connectivity index (χ4n) is 3.58. The van der Waals surface area contributed by atoms with E-state index in [9.17, 15) is 13.6 Å². The molecule has 4 rings (SSSR count). The van der Waals surface area contributed by atoms with Gasteiger partial charge in [-0.3, -0.25) is 4.79 Å². The second kappa shape index (κ2) is 8.29. The molecule has 8 nitrogen and oxygen atoms in total. The van der Waals surface area contributed by atoms with Crippen molar-refractivity contribution in [3.8, 4) is 5.82 Å². The van der Waals surface area contributed by atoms with Crippen LogP contribution in [0.25, 0.3) is 5.82 Å². The van der Waals surface area contributed by atoms with Crippen LogP contribution >= 0.6 is 0 Å². The average molecular weight is 427 g/mol. The van der Waals surface area contributed by atoms with E-state index < -0.39 is 11.6 Å². The first kappa shape index (κ1) is 20.7. The lowest BCUT2D eigenvalue weighted by molar-refractivity contribution is -0.129. The lowest BCUT2D eigenvalue weighted by Gasteiger charge is -2.35. The highest BCUT2D eigenvalue weighted by atomic mass is 19.2. The van der Waals surface area contributed by atoms with Crippen LogP contribution in [0.4, 0.5) is 26.2 Å². The van der Waals surface area contributed by atoms with Gasteiger partial charge < -0.3 is 15.1 Å². The molecule has 1 saturated heterocycles. The molecule has 2 aromatic heterocycles. The molecule has 162 valence electrons. The molecule has 0 atom stereocenters. The number of aryl methyl sites for hydroxylation is 2. The van der Waals surface area contributed by atoms with Gasteiger partial charge in [-0.2, -0.15) is 15.1 Å². The van der Waals surface area contributed by atoms with E-state index in [1.807, 2.05) is 24.8 Å². The summed E-state index contributed by atoms with van der Waals surface area (Å²) in [6.07, 6.45) is 0. The molecule has 0 bridgehead atoms. The average Bonchev–Trinajstić information content (AvgIpc) is 3.09. The highest BCUT2D eigenvalue weighted by Gasteiger charge is 2.22. The van der Waals surface area contributed by atoms with Crippen LogP contribution in [0.15, 0.2) is 30.3 Å². The SMILES string of the molecule is CC(=O)N1CCN(c2cc(-n3nc(C)cc3C)nc(Nc3cccc(F)c3F)n2)CC1. The van der Waals surface area contributed by atoms with Crippen LogP contribution in [0.5, 0.6) is 0 Å². The molecule has 1 N–H and O–H groups in total. The number of benzene rings is 1. The number of amides is 1. The Hall–Kier alpha value is -3.56. The van der Waals surface area contributed by atoms with Gasteiger partial charge in [0.2, 0.25) is 11.9 Å². The zero-order chi connectivity index (χ0) is 22.1. The van der Waals surface area contributed by atoms with E-state index in [1.165, 1.54) is 12.1 Å². The van der Waals surface area contributed by atoms with Gasteiger partial charge in [0.1, 0.15) is 5.82 Å². The van der Waals surface area contributed by atoms with Crippen molar-refractivity contribution in [2.75, 3.05) is 36.4 Å². The Balaban J connectivity index is 1.71. The molecule has 0 unspecified atom stereocenters. The maximum Gasteiger partial charge on any atom is 0.231 e. The van der Waals surface area contributed by atoms with E-state index in [4.69, 9.17) is 0 Å². The van der Waals surface area contributed by atoms with E-state index >= 15 is 0 Å². The van der Waals surface area contributed by atoms with Crippen molar-refractivity contribution in [3.63, 3.8) is 0 Å². The van der Waals surface area contributed by atoms with E-state index in [1.54, 1.807) is 22.6 Å². The zero-order valence-corrected chi connectivity index (χ0v) is 17.6. The number of hydrogen-bond donors (Lipinski definition) is 1. The molecule has 3 aromatic rings. The van der Waals surface area contributed by atoms with Crippen molar-refractivity contribution in [2.45, 2.75) is 20.8 Å². The number of aromatic nitrogens is 4. The molecular weight excluding hydrogens is 404 g/mol. The second-order valence-electron chi connectivity index (χ2n) is 7.47. The maximum absolute atomic E-state index is 14.2. The number of rotatable bonds is 4. The quantitative estimate of drug-likeness (QED) is 0.690. The van der Waals surface area contributed by atoms with Crippen LogP contribution < -0.4 is 10.2 Å². The Bertz CT molecular complexity index is 1120. The maximum atomic E-state index is 14.2. The van der Waals surface area contributed by atoms with E-state index in [0.717, 1.165) is 17.5 Å². The van der Waals surface area contributed by atoms with Gasteiger partial charge in [-0.1, -0.05) is 6.07 Å². The van der Waals surface area contributed by atoms with Crippen molar-refractivity contribution >= 4 is 23.4 Å². The highest BCUT2D eigenvalue weighted by molar-refractivity contribution is 5.73. The summed E-state index contributed by atoms with van der Waals surface area (Å²) in [7, 11) is 0. The van der Waals surface area contributed by atoms with Crippen LogP contribution in [-0.4, -0.2) is 56.7 Å². The Morgan fingerprint density at radius 1 is 1.03 bits per heavy atom. The minimum atomic E-state index is -1.00. The van der Waals surface area contributed by atoms with Crippen molar-refractivity contribution in [3.05, 3.63) is 53.4 Å². The summed E-state index contributed by atoms with van der Waals surface area (Å²) in [4.78, 5) is 24.4.